The van der Waals surface area contributed by atoms with Gasteiger partial charge in [-0.2, -0.15) is 0 Å². The largest absolute Gasteiger partial charge is 0.393 e. The molecule has 0 bridgehead atoms. The number of thiazole rings is 1. The zero-order chi connectivity index (χ0) is 28.7. The molecule has 8 nitrogen and oxygen atoms in total. The molecule has 7 rings (SSSR count). The lowest BCUT2D eigenvalue weighted by Gasteiger charge is -2.59. The number of benzene rings is 1. The van der Waals surface area contributed by atoms with Crippen molar-refractivity contribution in [1.82, 2.24) is 4.98 Å². The number of carbonyl (C=O) groups is 2. The second kappa shape index (κ2) is 9.41. The summed E-state index contributed by atoms with van der Waals surface area (Å²) in [6.45, 7) is 3.53. The van der Waals surface area contributed by atoms with Crippen molar-refractivity contribution < 1.29 is 29.3 Å². The summed E-state index contributed by atoms with van der Waals surface area (Å²) in [6.07, 6.45) is 8.48. The van der Waals surface area contributed by atoms with Crippen molar-refractivity contribution >= 4 is 28.0 Å². The topological polar surface area (TPSA) is 132 Å². The summed E-state index contributed by atoms with van der Waals surface area (Å²) in [7, 11) is 0. The van der Waals surface area contributed by atoms with Crippen molar-refractivity contribution in [3.05, 3.63) is 70.3 Å². The first-order chi connectivity index (χ1) is 19.6. The molecule has 1 aliphatic heterocycles. The van der Waals surface area contributed by atoms with E-state index in [-0.39, 0.29) is 29.3 Å². The number of nitrogens with two attached hydrogens (primary N) is 1. The Kier molecular flexibility index (Phi) is 6.23. The van der Waals surface area contributed by atoms with Crippen LogP contribution in [0.3, 0.4) is 0 Å². The van der Waals surface area contributed by atoms with E-state index in [2.05, 4.69) is 11.9 Å². The molecule has 1 aromatic carbocycles. The normalized spacial score (nSPS) is 40.9. The average molecular weight is 577 g/mol. The van der Waals surface area contributed by atoms with E-state index in [1.807, 2.05) is 37.3 Å². The highest BCUT2D eigenvalue weighted by Gasteiger charge is 2.75. The molecule has 4 fully saturated rings. The van der Waals surface area contributed by atoms with Gasteiger partial charge in [-0.25, -0.2) is 4.98 Å². The van der Waals surface area contributed by atoms with Crippen LogP contribution in [0.2, 0.25) is 0 Å². The van der Waals surface area contributed by atoms with Crippen LogP contribution in [-0.2, 0) is 25.5 Å². The molecule has 9 heteroatoms. The van der Waals surface area contributed by atoms with E-state index in [4.69, 9.17) is 15.2 Å². The fourth-order valence-corrected chi connectivity index (χ4v) is 9.95. The molecule has 0 radical (unpaired) electrons. The van der Waals surface area contributed by atoms with E-state index in [9.17, 15) is 19.8 Å². The Bertz CT molecular complexity index is 1470. The number of aliphatic hydroxyl groups excluding tert-OH is 2. The number of ether oxygens (including phenoxy) is 2. The van der Waals surface area contributed by atoms with Crippen LogP contribution < -0.4 is 5.73 Å². The summed E-state index contributed by atoms with van der Waals surface area (Å²) in [5, 5.41) is 22.5. The Morgan fingerprint density at radius 1 is 1.24 bits per heavy atom. The fourth-order valence-electron chi connectivity index (χ4n) is 9.23. The highest BCUT2D eigenvalue weighted by atomic mass is 32.1. The van der Waals surface area contributed by atoms with Crippen molar-refractivity contribution in [2.24, 2.45) is 28.6 Å². The van der Waals surface area contributed by atoms with Gasteiger partial charge in [0.05, 0.1) is 12.2 Å². The quantitative estimate of drug-likeness (QED) is 0.488. The number of Topliss-reactive ketones (excluding diaryl/α,β-unsaturated/α-hetero) is 1. The highest BCUT2D eigenvalue weighted by molar-refractivity contribution is 7.15. The lowest BCUT2D eigenvalue weighted by molar-refractivity contribution is -0.201. The van der Waals surface area contributed by atoms with Gasteiger partial charge < -0.3 is 25.4 Å². The minimum atomic E-state index is -1.35. The standard InChI is InChI=1S/C32H36N2O6S/c1-30-10-9-20(36)12-19(30)7-8-22-23-13-26-32(25(38)16-35,31(23,2)14-24(37)27(22)30)40-28(39-26)18-5-3-17(4-6-18)11-21-15-34-29(33)41-21/h3-6,9-10,12,15,22-24,26-28,35,37H,7-8,11,13-14,16H2,1-2H3,(H2,33,34)/t22?,23-,24?,26+,27+,28+,30-,31-,32+/m0/s1. The predicted molar refractivity (Wildman–Crippen MR) is 153 cm³/mol. The third-order valence-corrected chi connectivity index (χ3v) is 11.8. The summed E-state index contributed by atoms with van der Waals surface area (Å²) in [6, 6.07) is 7.95. The van der Waals surface area contributed by atoms with E-state index in [0.717, 1.165) is 40.8 Å². The van der Waals surface area contributed by atoms with Gasteiger partial charge in [0.2, 0.25) is 0 Å². The summed E-state index contributed by atoms with van der Waals surface area (Å²) in [4.78, 5) is 31.0. The van der Waals surface area contributed by atoms with Crippen molar-refractivity contribution in [2.45, 2.75) is 70.1 Å². The Morgan fingerprint density at radius 3 is 2.73 bits per heavy atom. The predicted octanol–water partition coefficient (Wildman–Crippen LogP) is 3.92. The molecule has 2 aromatic rings. The van der Waals surface area contributed by atoms with Crippen LogP contribution >= 0.6 is 11.3 Å². The molecule has 5 aliphatic rings. The van der Waals surface area contributed by atoms with E-state index in [1.165, 1.54) is 11.3 Å². The maximum Gasteiger partial charge on any atom is 0.193 e. The summed E-state index contributed by atoms with van der Waals surface area (Å²) >= 11 is 1.47. The van der Waals surface area contributed by atoms with Gasteiger partial charge in [-0.05, 0) is 55.2 Å². The minimum absolute atomic E-state index is 0.00283. The summed E-state index contributed by atoms with van der Waals surface area (Å²) in [5.74, 6) is -0.254. The fraction of sp³-hybridized carbons (Fsp3) is 0.531. The van der Waals surface area contributed by atoms with Gasteiger partial charge in [0, 0.05) is 39.8 Å². The van der Waals surface area contributed by atoms with Gasteiger partial charge in [-0.1, -0.05) is 49.8 Å². The summed E-state index contributed by atoms with van der Waals surface area (Å²) in [5.41, 5.74) is 6.29. The van der Waals surface area contributed by atoms with Crippen molar-refractivity contribution in [2.75, 3.05) is 12.3 Å². The van der Waals surface area contributed by atoms with E-state index in [1.54, 1.807) is 18.3 Å². The monoisotopic (exact) mass is 576 g/mol. The number of rotatable bonds is 5. The van der Waals surface area contributed by atoms with Crippen LogP contribution in [0, 0.1) is 28.6 Å². The number of allylic oxidation sites excluding steroid dienone is 4. The molecular formula is C32H36N2O6S. The third kappa shape index (κ3) is 3.82. The number of aliphatic hydroxyl groups is 2. The number of hydrogen-bond donors (Lipinski definition) is 3. The molecular weight excluding hydrogens is 540 g/mol. The molecule has 4 aliphatic carbocycles. The zero-order valence-corrected chi connectivity index (χ0v) is 24.1. The van der Waals surface area contributed by atoms with Crippen LogP contribution in [0.15, 0.2) is 54.3 Å². The Morgan fingerprint density at radius 2 is 2.02 bits per heavy atom. The number of ketones is 2. The van der Waals surface area contributed by atoms with Crippen LogP contribution in [0.1, 0.15) is 61.8 Å². The first-order valence-corrected chi connectivity index (χ1v) is 15.3. The van der Waals surface area contributed by atoms with Crippen molar-refractivity contribution in [3.63, 3.8) is 0 Å². The van der Waals surface area contributed by atoms with Gasteiger partial charge in [0.15, 0.2) is 28.6 Å². The smallest absolute Gasteiger partial charge is 0.193 e. The van der Waals surface area contributed by atoms with Crippen molar-refractivity contribution in [1.29, 1.82) is 0 Å². The van der Waals surface area contributed by atoms with Crippen LogP contribution in [0.25, 0.3) is 0 Å². The van der Waals surface area contributed by atoms with E-state index < -0.39 is 41.5 Å². The highest BCUT2D eigenvalue weighted by Crippen LogP contribution is 2.70. The number of nitrogen functional groups attached to an aromatic ring is 1. The molecule has 1 aromatic heterocycles. The van der Waals surface area contributed by atoms with Gasteiger partial charge in [0.1, 0.15) is 6.61 Å². The lowest BCUT2D eigenvalue weighted by atomic mass is 9.46. The SMILES string of the molecule is C[C@]12C=CC(=O)C=C1CCC1[C@@H]2C(O)C[C@@]2(C)[C@H]1C[C@H]1O[C@@H](c3ccc(Cc4cnc(N)s4)cc3)O[C@]12C(=O)CO. The van der Waals surface area contributed by atoms with Gasteiger partial charge in [-0.15, -0.1) is 11.3 Å². The Hall–Kier alpha value is -2.69. The number of nitrogens with zero attached hydrogens (tertiary/aromatic N) is 1. The molecule has 2 heterocycles. The maximum atomic E-state index is 13.7. The minimum Gasteiger partial charge on any atom is -0.393 e. The molecule has 216 valence electrons. The average Bonchev–Trinajstić information content (AvgIpc) is 3.60. The molecule has 3 saturated carbocycles. The molecule has 41 heavy (non-hydrogen) atoms. The van der Waals surface area contributed by atoms with Gasteiger partial charge in [0.25, 0.3) is 0 Å². The molecule has 9 atom stereocenters. The molecule has 4 N–H and O–H groups in total. The van der Waals surface area contributed by atoms with Gasteiger partial charge in [-0.3, -0.25) is 9.59 Å². The van der Waals surface area contributed by atoms with E-state index in [0.29, 0.717) is 18.0 Å². The summed E-state index contributed by atoms with van der Waals surface area (Å²) < 4.78 is 13.2. The molecule has 0 spiro atoms. The second-order valence-corrected chi connectivity index (χ2v) is 14.1. The van der Waals surface area contributed by atoms with Crippen molar-refractivity contribution in [3.8, 4) is 0 Å². The second-order valence-electron chi connectivity index (χ2n) is 12.9. The molecule has 1 saturated heterocycles. The van der Waals surface area contributed by atoms with Crippen LogP contribution in [-0.4, -0.2) is 51.2 Å². The first kappa shape index (κ1) is 27.2. The zero-order valence-electron chi connectivity index (χ0n) is 23.3. The number of anilines is 1. The first-order valence-electron chi connectivity index (χ1n) is 14.5. The maximum absolute atomic E-state index is 13.7. The Labute approximate surface area is 243 Å². The number of hydrogen-bond acceptors (Lipinski definition) is 9. The molecule has 2 unspecified atom stereocenters. The van der Waals surface area contributed by atoms with Gasteiger partial charge >= 0.3 is 0 Å². The van der Waals surface area contributed by atoms with Crippen LogP contribution in [0.5, 0.6) is 0 Å². The van der Waals surface area contributed by atoms with Crippen LogP contribution in [0.4, 0.5) is 5.13 Å². The van der Waals surface area contributed by atoms with E-state index >= 15 is 0 Å². The molecule has 0 amide bonds. The number of fused-ring (bicyclic) bond motifs is 7. The third-order valence-electron chi connectivity index (χ3n) is 11.0. The number of carbonyl (C=O) groups excluding carboxylic acids is 2. The number of aromatic nitrogens is 1. The lowest BCUT2D eigenvalue weighted by Crippen LogP contribution is -2.63. The Balaban J connectivity index is 1.18.